The molecule has 3 nitrogen and oxygen atoms in total. The highest BCUT2D eigenvalue weighted by molar-refractivity contribution is 6.37. The van der Waals surface area contributed by atoms with E-state index >= 15 is 0 Å². The van der Waals surface area contributed by atoms with Gasteiger partial charge in [0.15, 0.2) is 5.69 Å². The molecule has 0 spiro atoms. The van der Waals surface area contributed by atoms with Crippen LogP contribution in [0.1, 0.15) is 11.4 Å². The van der Waals surface area contributed by atoms with E-state index in [0.29, 0.717) is 11.3 Å². The van der Waals surface area contributed by atoms with E-state index in [1.165, 1.54) is 24.3 Å². The maximum Gasteiger partial charge on any atom is 0.435 e. The normalized spacial score (nSPS) is 11.6. The highest BCUT2D eigenvalue weighted by atomic mass is 35.5. The van der Waals surface area contributed by atoms with Crippen molar-refractivity contribution in [1.29, 1.82) is 0 Å². The molecule has 0 unspecified atom stereocenters. The highest BCUT2D eigenvalue weighted by Crippen LogP contribution is 2.35. The average molecular weight is 516 g/mol. The van der Waals surface area contributed by atoms with Crippen LogP contribution in [0.4, 0.5) is 17.6 Å². The molecule has 0 saturated heterocycles. The molecule has 4 aromatic rings. The quantitative estimate of drug-likeness (QED) is 0.250. The Balaban J connectivity index is 1.63. The molecular formula is C23H13Cl3F4N2O. The minimum absolute atomic E-state index is 0.0820. The zero-order valence-electron chi connectivity index (χ0n) is 16.5. The smallest absolute Gasteiger partial charge is 0.435 e. The second-order valence-electron chi connectivity index (χ2n) is 6.91. The van der Waals surface area contributed by atoms with E-state index in [0.717, 1.165) is 10.7 Å². The Morgan fingerprint density at radius 1 is 0.848 bits per heavy atom. The Kier molecular flexibility index (Phi) is 6.56. The summed E-state index contributed by atoms with van der Waals surface area (Å²) in [7, 11) is 0. The fourth-order valence-corrected chi connectivity index (χ4v) is 4.02. The van der Waals surface area contributed by atoms with Crippen molar-refractivity contribution < 1.29 is 22.3 Å². The van der Waals surface area contributed by atoms with Crippen LogP contribution in [0.3, 0.4) is 0 Å². The van der Waals surface area contributed by atoms with Crippen LogP contribution in [0.25, 0.3) is 16.8 Å². The summed E-state index contributed by atoms with van der Waals surface area (Å²) in [5, 5.41) is 4.16. The molecule has 0 bridgehead atoms. The van der Waals surface area contributed by atoms with Gasteiger partial charge < -0.3 is 4.74 Å². The van der Waals surface area contributed by atoms with Gasteiger partial charge in [0, 0.05) is 5.56 Å². The number of hydrogen-bond donors (Lipinski definition) is 0. The van der Waals surface area contributed by atoms with E-state index in [4.69, 9.17) is 39.5 Å². The number of alkyl halides is 3. The van der Waals surface area contributed by atoms with Gasteiger partial charge in [0.1, 0.15) is 23.9 Å². The van der Waals surface area contributed by atoms with Gasteiger partial charge >= 0.3 is 6.18 Å². The minimum Gasteiger partial charge on any atom is -0.487 e. The zero-order valence-corrected chi connectivity index (χ0v) is 18.8. The van der Waals surface area contributed by atoms with E-state index < -0.39 is 17.7 Å². The van der Waals surface area contributed by atoms with Crippen LogP contribution < -0.4 is 4.74 Å². The molecule has 0 fully saturated rings. The van der Waals surface area contributed by atoms with Crippen LogP contribution in [0, 0.1) is 5.82 Å². The van der Waals surface area contributed by atoms with E-state index in [2.05, 4.69) is 5.10 Å². The molecule has 33 heavy (non-hydrogen) atoms. The van der Waals surface area contributed by atoms with E-state index in [1.54, 1.807) is 36.4 Å². The number of aromatic nitrogens is 2. The van der Waals surface area contributed by atoms with E-state index in [1.807, 2.05) is 0 Å². The monoisotopic (exact) mass is 514 g/mol. The minimum atomic E-state index is -4.67. The molecular weight excluding hydrogens is 503 g/mol. The van der Waals surface area contributed by atoms with Crippen LogP contribution in [-0.2, 0) is 12.8 Å². The van der Waals surface area contributed by atoms with Crippen molar-refractivity contribution in [3.05, 3.63) is 99.0 Å². The molecule has 1 aromatic heterocycles. The summed E-state index contributed by atoms with van der Waals surface area (Å²) in [6, 6.07) is 16.1. The van der Waals surface area contributed by atoms with Crippen molar-refractivity contribution in [3.8, 4) is 22.6 Å². The third kappa shape index (κ3) is 4.95. The Bertz CT molecular complexity index is 1260. The zero-order chi connectivity index (χ0) is 23.8. The summed E-state index contributed by atoms with van der Waals surface area (Å²) in [5.41, 5.74) is -0.149. The van der Waals surface area contributed by atoms with Gasteiger partial charge in [-0.1, -0.05) is 59.1 Å². The second kappa shape index (κ2) is 9.25. The molecule has 0 aliphatic rings. The van der Waals surface area contributed by atoms with Gasteiger partial charge in [-0.25, -0.2) is 9.07 Å². The third-order valence-electron chi connectivity index (χ3n) is 4.72. The molecule has 0 saturated carbocycles. The lowest BCUT2D eigenvalue weighted by molar-refractivity contribution is -0.141. The first-order valence-corrected chi connectivity index (χ1v) is 10.6. The summed E-state index contributed by atoms with van der Waals surface area (Å²) < 4.78 is 60.7. The van der Waals surface area contributed by atoms with Crippen molar-refractivity contribution in [1.82, 2.24) is 9.78 Å². The lowest BCUT2D eigenvalue weighted by Crippen LogP contribution is -2.09. The Hall–Kier alpha value is -2.74. The van der Waals surface area contributed by atoms with Gasteiger partial charge in [-0.15, -0.1) is 0 Å². The van der Waals surface area contributed by atoms with Crippen LogP contribution in [0.15, 0.2) is 66.7 Å². The van der Waals surface area contributed by atoms with Gasteiger partial charge in [0.05, 0.1) is 20.8 Å². The molecule has 1 heterocycles. The number of ether oxygens (including phenoxy) is 1. The van der Waals surface area contributed by atoms with Crippen LogP contribution in [0.2, 0.25) is 15.1 Å². The average Bonchev–Trinajstić information content (AvgIpc) is 3.17. The SMILES string of the molecule is Fc1cccc(Cl)c1-c1ccc(OCc2cc(C(F)(F)F)nn2-c2c(Cl)cccc2Cl)cc1. The number of para-hydroxylation sites is 1. The largest absolute Gasteiger partial charge is 0.487 e. The van der Waals surface area contributed by atoms with E-state index in [-0.39, 0.29) is 38.6 Å². The number of nitrogens with zero attached hydrogens (tertiary/aromatic N) is 2. The topological polar surface area (TPSA) is 27.1 Å². The number of halogens is 7. The van der Waals surface area contributed by atoms with Crippen LogP contribution >= 0.6 is 34.8 Å². The Morgan fingerprint density at radius 3 is 2.06 bits per heavy atom. The molecule has 170 valence electrons. The first-order valence-electron chi connectivity index (χ1n) is 9.43. The van der Waals surface area contributed by atoms with Crippen LogP contribution in [0.5, 0.6) is 5.75 Å². The van der Waals surface area contributed by atoms with Gasteiger partial charge in [0.25, 0.3) is 0 Å². The number of rotatable bonds is 5. The molecule has 3 aromatic carbocycles. The van der Waals surface area contributed by atoms with Gasteiger partial charge in [0.2, 0.25) is 0 Å². The second-order valence-corrected chi connectivity index (χ2v) is 8.13. The summed E-state index contributed by atoms with van der Waals surface area (Å²) in [6.07, 6.45) is -4.67. The fraction of sp³-hybridized carbons (Fsp3) is 0.0870. The maximum atomic E-state index is 14.1. The molecule has 0 amide bonds. The molecule has 0 radical (unpaired) electrons. The summed E-state index contributed by atoms with van der Waals surface area (Å²) in [4.78, 5) is 0. The summed E-state index contributed by atoms with van der Waals surface area (Å²) in [6.45, 7) is -0.259. The molecule has 0 atom stereocenters. The molecule has 0 aliphatic heterocycles. The Labute approximate surface area is 201 Å². The van der Waals surface area contributed by atoms with Crippen molar-refractivity contribution in [2.75, 3.05) is 0 Å². The lowest BCUT2D eigenvalue weighted by Gasteiger charge is -2.12. The predicted octanol–water partition coefficient (Wildman–Crippen LogP) is 8.24. The highest BCUT2D eigenvalue weighted by Gasteiger charge is 2.35. The molecule has 4 rings (SSSR count). The van der Waals surface area contributed by atoms with E-state index in [9.17, 15) is 17.6 Å². The van der Waals surface area contributed by atoms with Crippen LogP contribution in [-0.4, -0.2) is 9.78 Å². The molecule has 10 heteroatoms. The first kappa shape index (κ1) is 23.4. The molecule has 0 N–H and O–H groups in total. The standard InChI is InChI=1S/C23H13Cl3F4N2O/c24-16-3-2-6-19(27)21(16)13-7-9-15(10-8-13)33-12-14-11-20(23(28,29)30)31-32(14)22-17(25)4-1-5-18(22)26/h1-11H,12H2. The predicted molar refractivity (Wildman–Crippen MR) is 120 cm³/mol. The third-order valence-corrected chi connectivity index (χ3v) is 5.64. The molecule has 0 aliphatic carbocycles. The van der Waals surface area contributed by atoms with Gasteiger partial charge in [-0.3, -0.25) is 0 Å². The van der Waals surface area contributed by atoms with Crippen molar-refractivity contribution in [2.45, 2.75) is 12.8 Å². The number of benzene rings is 3. The van der Waals surface area contributed by atoms with Crippen molar-refractivity contribution in [2.24, 2.45) is 0 Å². The maximum absolute atomic E-state index is 14.1. The lowest BCUT2D eigenvalue weighted by atomic mass is 10.1. The number of hydrogen-bond acceptors (Lipinski definition) is 2. The van der Waals surface area contributed by atoms with Gasteiger partial charge in [-0.2, -0.15) is 18.3 Å². The summed E-state index contributed by atoms with van der Waals surface area (Å²) >= 11 is 18.4. The van der Waals surface area contributed by atoms with Gasteiger partial charge in [-0.05, 0) is 48.0 Å². The fourth-order valence-electron chi connectivity index (χ4n) is 3.19. The van der Waals surface area contributed by atoms with Crippen molar-refractivity contribution >= 4 is 34.8 Å². The summed E-state index contributed by atoms with van der Waals surface area (Å²) in [5.74, 6) is -0.130. The Morgan fingerprint density at radius 2 is 1.45 bits per heavy atom. The first-order chi connectivity index (χ1) is 15.6. The van der Waals surface area contributed by atoms with Crippen molar-refractivity contribution in [3.63, 3.8) is 0 Å².